The summed E-state index contributed by atoms with van der Waals surface area (Å²) in [6, 6.07) is 16.4. The minimum atomic E-state index is -4.28. The number of carboxylic acids is 1. The molecule has 0 aliphatic carbocycles. The van der Waals surface area contributed by atoms with Gasteiger partial charge >= 0.3 is 5.97 Å². The Labute approximate surface area is 203 Å². The third-order valence-electron chi connectivity index (χ3n) is 5.17. The topological polar surface area (TPSA) is 83.9 Å². The number of methoxy groups -OCH3 is 1. The number of hydrogen-bond acceptors (Lipinski definition) is 4. The predicted octanol–water partition coefficient (Wildman–Crippen LogP) is 5.65. The van der Waals surface area contributed by atoms with Crippen molar-refractivity contribution in [2.45, 2.75) is 30.7 Å². The maximum atomic E-state index is 13.8. The van der Waals surface area contributed by atoms with Crippen LogP contribution in [0.25, 0.3) is 0 Å². The van der Waals surface area contributed by atoms with Crippen LogP contribution in [0.5, 0.6) is 5.75 Å². The molecule has 0 aromatic heterocycles. The van der Waals surface area contributed by atoms with E-state index < -0.39 is 22.0 Å². The lowest BCUT2D eigenvalue weighted by molar-refractivity contribution is -0.138. The Morgan fingerprint density at radius 2 is 1.76 bits per heavy atom. The molecular formula is C24H23Cl2NO5S. The molecule has 3 aromatic carbocycles. The SMILES string of the molecule is CCC(C(=O)O)N(c1ccc(Cl)cc1Cc1ccccc1Cl)S(=O)(=O)c1cccc(OC)c1. The van der Waals surface area contributed by atoms with Crippen LogP contribution in [-0.2, 0) is 21.2 Å². The molecule has 0 aliphatic rings. The molecule has 9 heteroatoms. The Morgan fingerprint density at radius 3 is 2.39 bits per heavy atom. The van der Waals surface area contributed by atoms with E-state index in [1.165, 1.54) is 37.4 Å². The van der Waals surface area contributed by atoms with Gasteiger partial charge < -0.3 is 9.84 Å². The molecule has 0 saturated heterocycles. The summed E-state index contributed by atoms with van der Waals surface area (Å²) in [6.45, 7) is 1.62. The number of ether oxygens (including phenoxy) is 1. The first-order valence-electron chi connectivity index (χ1n) is 10.1. The molecule has 0 bridgehead atoms. The highest BCUT2D eigenvalue weighted by Gasteiger charge is 2.36. The number of carbonyl (C=O) groups is 1. The molecule has 33 heavy (non-hydrogen) atoms. The lowest BCUT2D eigenvalue weighted by Gasteiger charge is -2.31. The summed E-state index contributed by atoms with van der Waals surface area (Å²) >= 11 is 12.6. The van der Waals surface area contributed by atoms with Crippen LogP contribution in [0.1, 0.15) is 24.5 Å². The average Bonchev–Trinajstić information content (AvgIpc) is 2.79. The first-order chi connectivity index (χ1) is 15.7. The second kappa shape index (κ2) is 10.5. The van der Waals surface area contributed by atoms with Crippen LogP contribution >= 0.6 is 23.2 Å². The second-order valence-corrected chi connectivity index (χ2v) is 9.94. The number of rotatable bonds is 9. The van der Waals surface area contributed by atoms with E-state index in [-0.39, 0.29) is 23.4 Å². The van der Waals surface area contributed by atoms with Crippen molar-refractivity contribution in [3.8, 4) is 5.75 Å². The molecule has 0 amide bonds. The molecule has 0 heterocycles. The predicted molar refractivity (Wildman–Crippen MR) is 130 cm³/mol. The van der Waals surface area contributed by atoms with E-state index in [1.807, 2.05) is 12.1 Å². The third-order valence-corrected chi connectivity index (χ3v) is 7.59. The van der Waals surface area contributed by atoms with Crippen molar-refractivity contribution in [1.82, 2.24) is 0 Å². The van der Waals surface area contributed by atoms with Crippen molar-refractivity contribution in [3.63, 3.8) is 0 Å². The van der Waals surface area contributed by atoms with E-state index in [0.29, 0.717) is 21.4 Å². The number of nitrogens with zero attached hydrogens (tertiary/aromatic N) is 1. The molecule has 0 radical (unpaired) electrons. The molecule has 0 fully saturated rings. The van der Waals surface area contributed by atoms with Gasteiger partial charge in [-0.05, 0) is 53.9 Å². The second-order valence-electron chi connectivity index (χ2n) is 7.28. The van der Waals surface area contributed by atoms with Crippen molar-refractivity contribution >= 4 is 44.9 Å². The molecule has 3 aromatic rings. The van der Waals surface area contributed by atoms with Gasteiger partial charge in [0.05, 0.1) is 17.7 Å². The minimum absolute atomic E-state index is 0.0483. The first kappa shape index (κ1) is 24.9. The smallest absolute Gasteiger partial charge is 0.327 e. The molecule has 3 rings (SSSR count). The van der Waals surface area contributed by atoms with Gasteiger partial charge in [0, 0.05) is 22.5 Å². The molecule has 1 N–H and O–H groups in total. The third kappa shape index (κ3) is 5.43. The number of anilines is 1. The first-order valence-corrected chi connectivity index (χ1v) is 12.3. The Morgan fingerprint density at radius 1 is 1.03 bits per heavy atom. The van der Waals surface area contributed by atoms with Gasteiger partial charge in [-0.2, -0.15) is 0 Å². The average molecular weight is 508 g/mol. The maximum Gasteiger partial charge on any atom is 0.327 e. The number of sulfonamides is 1. The van der Waals surface area contributed by atoms with Gasteiger partial charge in [-0.1, -0.05) is 54.4 Å². The highest BCUT2D eigenvalue weighted by Crippen LogP contribution is 2.35. The number of aliphatic carboxylic acids is 1. The van der Waals surface area contributed by atoms with E-state index in [0.717, 1.165) is 9.87 Å². The highest BCUT2D eigenvalue weighted by atomic mass is 35.5. The number of benzene rings is 3. The highest BCUT2D eigenvalue weighted by molar-refractivity contribution is 7.93. The van der Waals surface area contributed by atoms with E-state index in [4.69, 9.17) is 27.9 Å². The van der Waals surface area contributed by atoms with E-state index >= 15 is 0 Å². The summed E-state index contributed by atoms with van der Waals surface area (Å²) in [5.74, 6) is -0.922. The van der Waals surface area contributed by atoms with Gasteiger partial charge in [0.25, 0.3) is 10.0 Å². The molecule has 0 aliphatic heterocycles. The van der Waals surface area contributed by atoms with Gasteiger partial charge in [-0.25, -0.2) is 13.2 Å². The summed E-state index contributed by atoms with van der Waals surface area (Å²) in [7, 11) is -2.86. The zero-order chi connectivity index (χ0) is 24.2. The summed E-state index contributed by atoms with van der Waals surface area (Å²) < 4.78 is 33.7. The van der Waals surface area contributed by atoms with E-state index in [2.05, 4.69) is 0 Å². The lowest BCUT2D eigenvalue weighted by atomic mass is 10.0. The summed E-state index contributed by atoms with van der Waals surface area (Å²) in [4.78, 5) is 12.1. The van der Waals surface area contributed by atoms with Crippen LogP contribution in [0.4, 0.5) is 5.69 Å². The van der Waals surface area contributed by atoms with E-state index in [9.17, 15) is 18.3 Å². The fraction of sp³-hybridized carbons (Fsp3) is 0.208. The standard InChI is InChI=1S/C24H23Cl2NO5S/c1-3-22(24(28)29)27(33(30,31)20-9-6-8-19(15-20)32-2)23-12-11-18(25)14-17(23)13-16-7-4-5-10-21(16)26/h4-12,14-15,22H,3,13H2,1-2H3,(H,28,29). The molecular weight excluding hydrogens is 485 g/mol. The van der Waals surface area contributed by atoms with Gasteiger partial charge in [0.2, 0.25) is 0 Å². The van der Waals surface area contributed by atoms with Gasteiger partial charge in [0.15, 0.2) is 0 Å². The quantitative estimate of drug-likeness (QED) is 0.404. The number of carboxylic acid groups (broad SMARTS) is 1. The lowest BCUT2D eigenvalue weighted by Crippen LogP contribution is -2.45. The Kier molecular flexibility index (Phi) is 7.89. The maximum absolute atomic E-state index is 13.8. The molecule has 0 saturated carbocycles. The molecule has 0 spiro atoms. The summed E-state index contributed by atoms with van der Waals surface area (Å²) in [5.41, 5.74) is 1.50. The van der Waals surface area contributed by atoms with Crippen molar-refractivity contribution in [2.24, 2.45) is 0 Å². The molecule has 1 unspecified atom stereocenters. The Bertz CT molecular complexity index is 1260. The van der Waals surface area contributed by atoms with Crippen LogP contribution in [0.3, 0.4) is 0 Å². The van der Waals surface area contributed by atoms with Crippen LogP contribution in [0.15, 0.2) is 71.6 Å². The summed E-state index contributed by atoms with van der Waals surface area (Å²) in [5, 5.41) is 10.8. The monoisotopic (exact) mass is 507 g/mol. The normalized spacial score (nSPS) is 12.2. The van der Waals surface area contributed by atoms with Crippen LogP contribution in [0.2, 0.25) is 10.0 Å². The van der Waals surface area contributed by atoms with Gasteiger partial charge in [-0.3, -0.25) is 4.31 Å². The number of hydrogen-bond donors (Lipinski definition) is 1. The van der Waals surface area contributed by atoms with Crippen molar-refractivity contribution < 1.29 is 23.1 Å². The molecule has 1 atom stereocenters. The Balaban J connectivity index is 2.24. The Hall–Kier alpha value is -2.74. The van der Waals surface area contributed by atoms with Crippen LogP contribution < -0.4 is 9.04 Å². The van der Waals surface area contributed by atoms with Crippen molar-refractivity contribution in [3.05, 3.63) is 87.9 Å². The zero-order valence-electron chi connectivity index (χ0n) is 18.0. The zero-order valence-corrected chi connectivity index (χ0v) is 20.4. The van der Waals surface area contributed by atoms with Gasteiger partial charge in [0.1, 0.15) is 11.8 Å². The minimum Gasteiger partial charge on any atom is -0.497 e. The fourth-order valence-corrected chi connectivity index (χ4v) is 5.69. The summed E-state index contributed by atoms with van der Waals surface area (Å²) in [6.07, 6.45) is 0.308. The van der Waals surface area contributed by atoms with Crippen LogP contribution in [-0.4, -0.2) is 32.6 Å². The van der Waals surface area contributed by atoms with Gasteiger partial charge in [-0.15, -0.1) is 0 Å². The fourth-order valence-electron chi connectivity index (χ4n) is 3.54. The van der Waals surface area contributed by atoms with E-state index in [1.54, 1.807) is 31.2 Å². The van der Waals surface area contributed by atoms with Crippen molar-refractivity contribution in [2.75, 3.05) is 11.4 Å². The number of halogens is 2. The van der Waals surface area contributed by atoms with Crippen molar-refractivity contribution in [1.29, 1.82) is 0 Å². The molecule has 6 nitrogen and oxygen atoms in total. The van der Waals surface area contributed by atoms with Crippen LogP contribution in [0, 0.1) is 0 Å². The molecule has 174 valence electrons. The largest absolute Gasteiger partial charge is 0.497 e.